The van der Waals surface area contributed by atoms with Gasteiger partial charge in [-0.25, -0.2) is 14.4 Å². The number of carbonyl (C=O) groups excluding carboxylic acids is 1. The predicted octanol–water partition coefficient (Wildman–Crippen LogP) is 3.33. The van der Waals surface area contributed by atoms with Crippen LogP contribution in [0.3, 0.4) is 0 Å². The zero-order valence-electron chi connectivity index (χ0n) is 13.5. The van der Waals surface area contributed by atoms with Crippen LogP contribution in [-0.2, 0) is 0 Å². The lowest BCUT2D eigenvalue weighted by molar-refractivity contribution is 0.0948. The van der Waals surface area contributed by atoms with Crippen LogP contribution in [0.1, 0.15) is 59.5 Å². The predicted molar refractivity (Wildman–Crippen MR) is 85.9 cm³/mol. The van der Waals surface area contributed by atoms with Gasteiger partial charge in [-0.3, -0.25) is 4.79 Å². The Morgan fingerprint density at radius 1 is 1.30 bits per heavy atom. The second kappa shape index (κ2) is 6.07. The summed E-state index contributed by atoms with van der Waals surface area (Å²) in [5.74, 6) is 0.704. The van der Waals surface area contributed by atoms with Gasteiger partial charge in [0.25, 0.3) is 5.91 Å². The van der Waals surface area contributed by atoms with E-state index in [4.69, 9.17) is 0 Å². The highest BCUT2D eigenvalue weighted by Gasteiger charge is 2.40. The smallest absolute Gasteiger partial charge is 0.254 e. The molecule has 0 saturated heterocycles. The first kappa shape index (κ1) is 15.6. The van der Waals surface area contributed by atoms with Gasteiger partial charge in [0.2, 0.25) is 0 Å². The van der Waals surface area contributed by atoms with E-state index in [1.807, 2.05) is 20.8 Å². The second-order valence-electron chi connectivity index (χ2n) is 6.34. The fraction of sp³-hybridized carbons (Fsp3) is 0.389. The number of aromatic nitrogens is 2. The fourth-order valence-corrected chi connectivity index (χ4v) is 2.78. The van der Waals surface area contributed by atoms with Crippen molar-refractivity contribution < 1.29 is 9.18 Å². The molecule has 2 atom stereocenters. The van der Waals surface area contributed by atoms with Crippen LogP contribution in [0.4, 0.5) is 4.39 Å². The number of nitrogens with zero attached hydrogens (tertiary/aromatic N) is 2. The van der Waals surface area contributed by atoms with E-state index in [-0.39, 0.29) is 29.6 Å². The van der Waals surface area contributed by atoms with Crippen LogP contribution in [0.15, 0.2) is 30.5 Å². The third-order valence-electron chi connectivity index (χ3n) is 4.14. The highest BCUT2D eigenvalue weighted by Crippen LogP contribution is 2.41. The summed E-state index contributed by atoms with van der Waals surface area (Å²) in [5, 5.41) is 3.04. The van der Waals surface area contributed by atoms with Gasteiger partial charge >= 0.3 is 0 Å². The number of halogens is 1. The molecule has 0 aliphatic heterocycles. The summed E-state index contributed by atoms with van der Waals surface area (Å²) >= 11 is 0. The van der Waals surface area contributed by atoms with Crippen molar-refractivity contribution in [3.8, 4) is 0 Å². The number of hydrogen-bond donors (Lipinski definition) is 1. The maximum Gasteiger partial charge on any atom is 0.254 e. The van der Waals surface area contributed by atoms with Crippen LogP contribution < -0.4 is 5.32 Å². The van der Waals surface area contributed by atoms with Gasteiger partial charge in [-0.15, -0.1) is 0 Å². The van der Waals surface area contributed by atoms with Crippen molar-refractivity contribution in [2.75, 3.05) is 0 Å². The standard InChI is InChI=1S/C18H20FN3O/c1-10(2)17-15(9-20-11(3)21-17)18(23)22-16-8-14(16)12-4-6-13(19)7-5-12/h4-7,9-10,14,16H,8H2,1-3H3,(H,22,23)/t14-,16+/m0/s1. The first-order valence-electron chi connectivity index (χ1n) is 7.85. The van der Waals surface area contributed by atoms with Crippen LogP contribution in [0.25, 0.3) is 0 Å². The number of rotatable bonds is 4. The molecule has 1 N–H and O–H groups in total. The quantitative estimate of drug-likeness (QED) is 0.942. The van der Waals surface area contributed by atoms with Gasteiger partial charge in [0.15, 0.2) is 0 Å². The molecule has 1 heterocycles. The SMILES string of the molecule is Cc1ncc(C(=O)N[C@@H]2C[C@H]2c2ccc(F)cc2)c(C(C)C)n1. The van der Waals surface area contributed by atoms with E-state index in [9.17, 15) is 9.18 Å². The molecule has 5 heteroatoms. The van der Waals surface area contributed by atoms with Gasteiger partial charge in [-0.1, -0.05) is 26.0 Å². The molecule has 1 aromatic heterocycles. The molecule has 1 saturated carbocycles. The third-order valence-corrected chi connectivity index (χ3v) is 4.14. The van der Waals surface area contributed by atoms with Gasteiger partial charge in [0.05, 0.1) is 11.3 Å². The summed E-state index contributed by atoms with van der Waals surface area (Å²) in [7, 11) is 0. The number of hydrogen-bond acceptors (Lipinski definition) is 3. The molecule has 23 heavy (non-hydrogen) atoms. The Hall–Kier alpha value is -2.30. The molecule has 1 fully saturated rings. The molecular weight excluding hydrogens is 293 g/mol. The van der Waals surface area contributed by atoms with Crippen LogP contribution in [-0.4, -0.2) is 21.9 Å². The number of benzene rings is 1. The maximum atomic E-state index is 13.0. The molecule has 3 rings (SSSR count). The molecule has 1 amide bonds. The summed E-state index contributed by atoms with van der Waals surface area (Å²) in [5.41, 5.74) is 2.37. The molecular formula is C18H20FN3O. The molecule has 0 bridgehead atoms. The number of amides is 1. The van der Waals surface area contributed by atoms with Gasteiger partial charge in [0.1, 0.15) is 11.6 Å². The monoisotopic (exact) mass is 313 g/mol. The number of nitrogens with one attached hydrogen (secondary N) is 1. The first-order chi connectivity index (χ1) is 11.0. The Bertz CT molecular complexity index is 728. The summed E-state index contributed by atoms with van der Waals surface area (Å²) in [6.45, 7) is 5.84. The zero-order valence-corrected chi connectivity index (χ0v) is 13.5. The third kappa shape index (κ3) is 3.38. The Kier molecular flexibility index (Phi) is 4.11. The van der Waals surface area contributed by atoms with E-state index in [2.05, 4.69) is 15.3 Å². The molecule has 0 unspecified atom stereocenters. The lowest BCUT2D eigenvalue weighted by Crippen LogP contribution is -2.28. The highest BCUT2D eigenvalue weighted by molar-refractivity contribution is 5.95. The minimum Gasteiger partial charge on any atom is -0.349 e. The van der Waals surface area contributed by atoms with Crippen LogP contribution in [0.5, 0.6) is 0 Å². The largest absolute Gasteiger partial charge is 0.349 e. The van der Waals surface area contributed by atoms with Gasteiger partial charge in [-0.2, -0.15) is 0 Å². The van der Waals surface area contributed by atoms with Crippen molar-refractivity contribution in [3.63, 3.8) is 0 Å². The Balaban J connectivity index is 1.70. The maximum absolute atomic E-state index is 13.0. The fourth-order valence-electron chi connectivity index (χ4n) is 2.78. The van der Waals surface area contributed by atoms with Crippen molar-refractivity contribution in [2.45, 2.75) is 45.1 Å². The van der Waals surface area contributed by atoms with Crippen molar-refractivity contribution >= 4 is 5.91 Å². The van der Waals surface area contributed by atoms with Crippen molar-refractivity contribution in [1.82, 2.24) is 15.3 Å². The molecule has 2 aromatic rings. The van der Waals surface area contributed by atoms with Gasteiger partial charge < -0.3 is 5.32 Å². The topological polar surface area (TPSA) is 54.9 Å². The molecule has 120 valence electrons. The average molecular weight is 313 g/mol. The molecule has 1 aliphatic carbocycles. The molecule has 0 spiro atoms. The Labute approximate surface area is 135 Å². The minimum absolute atomic E-state index is 0.0919. The van der Waals surface area contributed by atoms with Crippen LogP contribution in [0, 0.1) is 12.7 Å². The number of carbonyl (C=O) groups is 1. The second-order valence-corrected chi connectivity index (χ2v) is 6.34. The lowest BCUT2D eigenvalue weighted by atomic mass is 10.0. The molecule has 1 aromatic carbocycles. The minimum atomic E-state index is -0.242. The Morgan fingerprint density at radius 2 is 2.00 bits per heavy atom. The van der Waals surface area contributed by atoms with Crippen molar-refractivity contribution in [1.29, 1.82) is 0 Å². The van der Waals surface area contributed by atoms with E-state index in [1.165, 1.54) is 12.1 Å². The lowest BCUT2D eigenvalue weighted by Gasteiger charge is -2.12. The van der Waals surface area contributed by atoms with E-state index in [0.29, 0.717) is 11.4 Å². The summed E-state index contributed by atoms with van der Waals surface area (Å²) in [6, 6.07) is 6.56. The summed E-state index contributed by atoms with van der Waals surface area (Å²) < 4.78 is 13.0. The van der Waals surface area contributed by atoms with E-state index >= 15 is 0 Å². The Morgan fingerprint density at radius 3 is 2.65 bits per heavy atom. The highest BCUT2D eigenvalue weighted by atomic mass is 19.1. The first-order valence-corrected chi connectivity index (χ1v) is 7.85. The summed E-state index contributed by atoms with van der Waals surface area (Å²) in [4.78, 5) is 21.1. The van der Waals surface area contributed by atoms with Crippen LogP contribution >= 0.6 is 0 Å². The van der Waals surface area contributed by atoms with Crippen molar-refractivity contribution in [2.24, 2.45) is 0 Å². The van der Waals surface area contributed by atoms with Crippen LogP contribution in [0.2, 0.25) is 0 Å². The zero-order chi connectivity index (χ0) is 16.6. The van der Waals surface area contributed by atoms with Crippen molar-refractivity contribution in [3.05, 3.63) is 58.9 Å². The number of aryl methyl sites for hydroxylation is 1. The molecule has 0 radical (unpaired) electrons. The van der Waals surface area contributed by atoms with E-state index in [1.54, 1.807) is 18.3 Å². The summed E-state index contributed by atoms with van der Waals surface area (Å²) in [6.07, 6.45) is 2.48. The van der Waals surface area contributed by atoms with E-state index in [0.717, 1.165) is 17.7 Å². The van der Waals surface area contributed by atoms with E-state index < -0.39 is 0 Å². The molecule has 1 aliphatic rings. The van der Waals surface area contributed by atoms with Gasteiger partial charge in [-0.05, 0) is 37.0 Å². The van der Waals surface area contributed by atoms with Gasteiger partial charge in [0, 0.05) is 18.2 Å². The molecule has 4 nitrogen and oxygen atoms in total. The normalized spacial score (nSPS) is 19.7. The average Bonchev–Trinajstić information content (AvgIpc) is 3.26.